The molecule has 0 radical (unpaired) electrons. The van der Waals surface area contributed by atoms with Gasteiger partial charge in [0.05, 0.1) is 16.1 Å². The van der Waals surface area contributed by atoms with E-state index in [1.165, 1.54) is 0 Å². The van der Waals surface area contributed by atoms with Crippen LogP contribution in [0.15, 0.2) is 42.5 Å². The molecule has 0 saturated carbocycles. The zero-order valence-electron chi connectivity index (χ0n) is 9.73. The summed E-state index contributed by atoms with van der Waals surface area (Å²) in [6.45, 7) is 1.69. The maximum Gasteiger partial charge on any atom is 0.133 e. The van der Waals surface area contributed by atoms with Crippen LogP contribution in [0.1, 0.15) is 18.6 Å². The van der Waals surface area contributed by atoms with Crippen LogP contribution in [-0.4, -0.2) is 5.11 Å². The van der Waals surface area contributed by atoms with Crippen LogP contribution in [0.2, 0.25) is 10.0 Å². The second kappa shape index (κ2) is 5.61. The highest BCUT2D eigenvalue weighted by Crippen LogP contribution is 2.32. The zero-order valence-corrected chi connectivity index (χ0v) is 11.2. The third kappa shape index (κ3) is 2.96. The number of para-hydroxylation sites is 1. The highest BCUT2D eigenvalue weighted by molar-refractivity contribution is 6.42. The van der Waals surface area contributed by atoms with Gasteiger partial charge in [-0.05, 0) is 25.1 Å². The van der Waals surface area contributed by atoms with Crippen LogP contribution in [0.5, 0.6) is 11.5 Å². The Morgan fingerprint density at radius 3 is 2.44 bits per heavy atom. The van der Waals surface area contributed by atoms with Crippen molar-refractivity contribution in [2.45, 2.75) is 13.0 Å². The second-order valence-electron chi connectivity index (χ2n) is 3.89. The van der Waals surface area contributed by atoms with Crippen molar-refractivity contribution in [1.29, 1.82) is 0 Å². The zero-order chi connectivity index (χ0) is 13.1. The third-order valence-corrected chi connectivity index (χ3v) is 3.23. The van der Waals surface area contributed by atoms with Crippen LogP contribution >= 0.6 is 23.2 Å². The number of benzene rings is 2. The first-order valence-corrected chi connectivity index (χ1v) is 6.23. The van der Waals surface area contributed by atoms with Crippen LogP contribution in [0.3, 0.4) is 0 Å². The molecule has 0 heterocycles. The third-order valence-electron chi connectivity index (χ3n) is 2.49. The first-order chi connectivity index (χ1) is 8.58. The Morgan fingerprint density at radius 2 is 1.78 bits per heavy atom. The summed E-state index contributed by atoms with van der Waals surface area (Å²) < 4.78 is 5.70. The molecule has 0 bridgehead atoms. The molecule has 1 N–H and O–H groups in total. The number of rotatable bonds is 3. The molecule has 0 aromatic heterocycles. The van der Waals surface area contributed by atoms with E-state index in [4.69, 9.17) is 27.9 Å². The molecule has 0 aliphatic carbocycles. The van der Waals surface area contributed by atoms with E-state index in [0.717, 1.165) is 5.56 Å². The minimum atomic E-state index is -0.594. The van der Waals surface area contributed by atoms with Crippen LogP contribution in [0, 0.1) is 0 Å². The summed E-state index contributed by atoms with van der Waals surface area (Å²) in [5.41, 5.74) is 0.726. The molecule has 2 aromatic rings. The largest absolute Gasteiger partial charge is 0.457 e. The minimum absolute atomic E-state index is 0.434. The van der Waals surface area contributed by atoms with E-state index in [2.05, 4.69) is 0 Å². The normalized spacial score (nSPS) is 12.2. The molecule has 0 fully saturated rings. The van der Waals surface area contributed by atoms with Gasteiger partial charge in [-0.1, -0.05) is 41.4 Å². The van der Waals surface area contributed by atoms with Gasteiger partial charge < -0.3 is 9.84 Å². The molecule has 94 valence electrons. The second-order valence-corrected chi connectivity index (χ2v) is 4.71. The highest BCUT2D eigenvalue weighted by atomic mass is 35.5. The van der Waals surface area contributed by atoms with Gasteiger partial charge in [0.2, 0.25) is 0 Å². The molecule has 0 aliphatic rings. The van der Waals surface area contributed by atoms with Gasteiger partial charge in [0.25, 0.3) is 0 Å². The van der Waals surface area contributed by atoms with E-state index in [-0.39, 0.29) is 0 Å². The number of hydrogen-bond acceptors (Lipinski definition) is 2. The SMILES string of the molecule is CC(O)c1ccccc1Oc1ccc(Cl)c(Cl)c1. The molecule has 2 nitrogen and oxygen atoms in total. The summed E-state index contributed by atoms with van der Waals surface area (Å²) in [6.07, 6.45) is -0.594. The number of hydrogen-bond donors (Lipinski definition) is 1. The Kier molecular flexibility index (Phi) is 4.12. The molecule has 0 spiro atoms. The number of aliphatic hydroxyl groups excluding tert-OH is 1. The van der Waals surface area contributed by atoms with E-state index in [0.29, 0.717) is 21.5 Å². The van der Waals surface area contributed by atoms with Gasteiger partial charge in [-0.25, -0.2) is 0 Å². The van der Waals surface area contributed by atoms with Gasteiger partial charge in [0.15, 0.2) is 0 Å². The van der Waals surface area contributed by atoms with Crippen molar-refractivity contribution in [3.8, 4) is 11.5 Å². The molecule has 1 unspecified atom stereocenters. The van der Waals surface area contributed by atoms with Crippen molar-refractivity contribution in [2.75, 3.05) is 0 Å². The average molecular weight is 283 g/mol. The van der Waals surface area contributed by atoms with E-state index in [9.17, 15) is 5.11 Å². The Bertz CT molecular complexity index is 553. The Labute approximate surface area is 116 Å². The molecule has 2 rings (SSSR count). The predicted molar refractivity (Wildman–Crippen MR) is 73.6 cm³/mol. The fourth-order valence-electron chi connectivity index (χ4n) is 1.59. The molecular weight excluding hydrogens is 271 g/mol. The first-order valence-electron chi connectivity index (χ1n) is 5.48. The molecule has 4 heteroatoms. The van der Waals surface area contributed by atoms with Crippen LogP contribution in [0.25, 0.3) is 0 Å². The van der Waals surface area contributed by atoms with E-state index in [1.54, 1.807) is 31.2 Å². The van der Waals surface area contributed by atoms with Crippen LogP contribution in [-0.2, 0) is 0 Å². The van der Waals surface area contributed by atoms with Crippen molar-refractivity contribution < 1.29 is 9.84 Å². The van der Waals surface area contributed by atoms with Gasteiger partial charge in [0.1, 0.15) is 11.5 Å². The lowest BCUT2D eigenvalue weighted by Gasteiger charge is -2.13. The summed E-state index contributed by atoms with van der Waals surface area (Å²) in [5.74, 6) is 1.18. The predicted octanol–water partition coefficient (Wildman–Crippen LogP) is 4.84. The lowest BCUT2D eigenvalue weighted by atomic mass is 10.1. The highest BCUT2D eigenvalue weighted by Gasteiger charge is 2.09. The number of aliphatic hydroxyl groups is 1. The van der Waals surface area contributed by atoms with Gasteiger partial charge >= 0.3 is 0 Å². The standard InChI is InChI=1S/C14H12Cl2O2/c1-9(17)11-4-2-3-5-14(11)18-10-6-7-12(15)13(16)8-10/h2-9,17H,1H3. The van der Waals surface area contributed by atoms with E-state index < -0.39 is 6.10 Å². The Balaban J connectivity index is 2.31. The molecule has 0 saturated heterocycles. The average Bonchev–Trinajstić information content (AvgIpc) is 2.34. The Hall–Kier alpha value is -1.22. The number of ether oxygens (including phenoxy) is 1. The number of halogens is 2. The van der Waals surface area contributed by atoms with Gasteiger partial charge in [-0.15, -0.1) is 0 Å². The van der Waals surface area contributed by atoms with E-state index >= 15 is 0 Å². The fourth-order valence-corrected chi connectivity index (χ4v) is 1.87. The molecule has 0 amide bonds. The topological polar surface area (TPSA) is 29.5 Å². The van der Waals surface area contributed by atoms with Crippen molar-refractivity contribution in [3.63, 3.8) is 0 Å². The molecule has 2 aromatic carbocycles. The maximum absolute atomic E-state index is 9.65. The molecule has 18 heavy (non-hydrogen) atoms. The molecule has 1 atom stereocenters. The fraction of sp³-hybridized carbons (Fsp3) is 0.143. The summed E-state index contributed by atoms with van der Waals surface area (Å²) in [4.78, 5) is 0. The molecular formula is C14H12Cl2O2. The monoisotopic (exact) mass is 282 g/mol. The van der Waals surface area contributed by atoms with E-state index in [1.807, 2.05) is 18.2 Å². The summed E-state index contributed by atoms with van der Waals surface area (Å²) >= 11 is 11.8. The first kappa shape index (κ1) is 13.2. The minimum Gasteiger partial charge on any atom is -0.457 e. The van der Waals surface area contributed by atoms with Crippen molar-refractivity contribution in [1.82, 2.24) is 0 Å². The molecule has 0 aliphatic heterocycles. The van der Waals surface area contributed by atoms with Crippen LogP contribution in [0.4, 0.5) is 0 Å². The van der Waals surface area contributed by atoms with Gasteiger partial charge in [0, 0.05) is 11.6 Å². The van der Waals surface area contributed by atoms with Crippen molar-refractivity contribution in [2.24, 2.45) is 0 Å². The summed E-state index contributed by atoms with van der Waals surface area (Å²) in [5, 5.41) is 10.6. The Morgan fingerprint density at radius 1 is 1.06 bits per heavy atom. The van der Waals surface area contributed by atoms with Crippen LogP contribution < -0.4 is 4.74 Å². The lowest BCUT2D eigenvalue weighted by Crippen LogP contribution is -1.95. The summed E-state index contributed by atoms with van der Waals surface area (Å²) in [6, 6.07) is 12.4. The quantitative estimate of drug-likeness (QED) is 0.873. The lowest BCUT2D eigenvalue weighted by molar-refractivity contribution is 0.195. The summed E-state index contributed by atoms with van der Waals surface area (Å²) in [7, 11) is 0. The maximum atomic E-state index is 9.65. The smallest absolute Gasteiger partial charge is 0.133 e. The van der Waals surface area contributed by atoms with Crippen molar-refractivity contribution >= 4 is 23.2 Å². The van der Waals surface area contributed by atoms with Gasteiger partial charge in [-0.2, -0.15) is 0 Å². The van der Waals surface area contributed by atoms with Crippen molar-refractivity contribution in [3.05, 3.63) is 58.1 Å². The van der Waals surface area contributed by atoms with Gasteiger partial charge in [-0.3, -0.25) is 0 Å².